The number of carbonyl (C=O) groups is 2. The highest BCUT2D eigenvalue weighted by Gasteiger charge is 2.41. The fourth-order valence-electron chi connectivity index (χ4n) is 5.22. The number of amides is 2. The third kappa shape index (κ3) is 6.13. The standard InChI is InChI=1S/C24H34F3N5O2/c1-15-20(6-7-21(30-15)32-10-8-18(9-11-32)24(25,26)27)28-13-16-2-4-19(5-3-16)31-23(34)17-12-22(33)29-14-17/h6-7,16-19,28H,2-5,8-14H2,1H3,(H,29,33)(H,31,34). The number of hydrogen-bond donors (Lipinski definition) is 3. The maximum Gasteiger partial charge on any atom is 0.391 e. The summed E-state index contributed by atoms with van der Waals surface area (Å²) < 4.78 is 38.7. The van der Waals surface area contributed by atoms with Crippen LogP contribution in [0.1, 0.15) is 50.6 Å². The number of carbonyl (C=O) groups excluding carboxylic acids is 2. The van der Waals surface area contributed by atoms with Crippen LogP contribution in [0.5, 0.6) is 0 Å². The Hall–Kier alpha value is -2.52. The zero-order valence-electron chi connectivity index (χ0n) is 19.6. The Balaban J connectivity index is 1.20. The number of alkyl halides is 3. The number of piperidine rings is 1. The highest BCUT2D eigenvalue weighted by Crippen LogP contribution is 2.35. The number of halogens is 3. The van der Waals surface area contributed by atoms with Gasteiger partial charge >= 0.3 is 6.18 Å². The lowest BCUT2D eigenvalue weighted by atomic mass is 9.85. The Bertz CT molecular complexity index is 878. The molecule has 1 aromatic heterocycles. The number of hydrogen-bond acceptors (Lipinski definition) is 5. The van der Waals surface area contributed by atoms with Gasteiger partial charge in [0.05, 0.1) is 23.2 Å². The molecule has 10 heteroatoms. The largest absolute Gasteiger partial charge is 0.391 e. The molecule has 1 saturated carbocycles. The lowest BCUT2D eigenvalue weighted by molar-refractivity contribution is -0.179. The van der Waals surface area contributed by atoms with Crippen LogP contribution in [0.3, 0.4) is 0 Å². The van der Waals surface area contributed by atoms with E-state index < -0.39 is 12.1 Å². The molecule has 0 radical (unpaired) electrons. The third-order valence-electron chi connectivity index (χ3n) is 7.48. The maximum atomic E-state index is 12.9. The van der Waals surface area contributed by atoms with Crippen molar-refractivity contribution < 1.29 is 22.8 Å². The molecule has 0 aromatic carbocycles. The second-order valence-electron chi connectivity index (χ2n) is 9.92. The van der Waals surface area contributed by atoms with E-state index in [0.29, 0.717) is 25.6 Å². The van der Waals surface area contributed by atoms with Crippen LogP contribution < -0.4 is 20.9 Å². The molecule has 3 fully saturated rings. The molecule has 3 heterocycles. The van der Waals surface area contributed by atoms with Gasteiger partial charge in [0.1, 0.15) is 5.82 Å². The molecule has 1 aromatic rings. The third-order valence-corrected chi connectivity index (χ3v) is 7.48. The lowest BCUT2D eigenvalue weighted by Crippen LogP contribution is -2.42. The summed E-state index contributed by atoms with van der Waals surface area (Å²) in [5, 5.41) is 9.29. The van der Waals surface area contributed by atoms with E-state index in [9.17, 15) is 22.8 Å². The monoisotopic (exact) mass is 481 g/mol. The molecule has 2 aliphatic heterocycles. The predicted molar refractivity (Wildman–Crippen MR) is 123 cm³/mol. The molecule has 4 rings (SSSR count). The molecule has 3 N–H and O–H groups in total. The summed E-state index contributed by atoms with van der Waals surface area (Å²) in [7, 11) is 0. The molecular formula is C24H34F3N5O2. The minimum Gasteiger partial charge on any atom is -0.383 e. The molecule has 1 unspecified atom stereocenters. The average molecular weight is 482 g/mol. The van der Waals surface area contributed by atoms with E-state index >= 15 is 0 Å². The Kier molecular flexibility index (Phi) is 7.52. The Labute approximate surface area is 198 Å². The van der Waals surface area contributed by atoms with Crippen LogP contribution in [-0.2, 0) is 9.59 Å². The first-order valence-electron chi connectivity index (χ1n) is 12.3. The van der Waals surface area contributed by atoms with E-state index in [4.69, 9.17) is 0 Å². The normalized spacial score (nSPS) is 26.3. The molecular weight excluding hydrogens is 447 g/mol. The van der Waals surface area contributed by atoms with Crippen LogP contribution in [0.15, 0.2) is 12.1 Å². The highest BCUT2D eigenvalue weighted by atomic mass is 19.4. The summed E-state index contributed by atoms with van der Waals surface area (Å²) in [6.45, 7) is 3.92. The summed E-state index contributed by atoms with van der Waals surface area (Å²) in [5.41, 5.74) is 1.79. The SMILES string of the molecule is Cc1nc(N2CCC(C(F)(F)F)CC2)ccc1NCC1CCC(NC(=O)C2CNC(=O)C2)CC1. The summed E-state index contributed by atoms with van der Waals surface area (Å²) in [6, 6.07) is 4.03. The van der Waals surface area contributed by atoms with Gasteiger partial charge < -0.3 is 20.9 Å². The molecule has 2 saturated heterocycles. The van der Waals surface area contributed by atoms with E-state index in [-0.39, 0.29) is 43.0 Å². The number of aromatic nitrogens is 1. The topological polar surface area (TPSA) is 86.4 Å². The molecule has 34 heavy (non-hydrogen) atoms. The first-order chi connectivity index (χ1) is 16.2. The van der Waals surface area contributed by atoms with Crippen molar-refractivity contribution in [1.82, 2.24) is 15.6 Å². The van der Waals surface area contributed by atoms with Crippen LogP contribution in [0.25, 0.3) is 0 Å². The van der Waals surface area contributed by atoms with Crippen molar-refractivity contribution in [3.63, 3.8) is 0 Å². The first kappa shape index (κ1) is 24.6. The second-order valence-corrected chi connectivity index (χ2v) is 9.92. The van der Waals surface area contributed by atoms with Crippen LogP contribution in [0.2, 0.25) is 0 Å². The summed E-state index contributed by atoms with van der Waals surface area (Å²) >= 11 is 0. The Morgan fingerprint density at radius 3 is 2.44 bits per heavy atom. The van der Waals surface area contributed by atoms with Crippen LogP contribution in [0.4, 0.5) is 24.7 Å². The predicted octanol–water partition coefficient (Wildman–Crippen LogP) is 3.39. The van der Waals surface area contributed by atoms with Gasteiger partial charge in [-0.15, -0.1) is 0 Å². The zero-order chi connectivity index (χ0) is 24.3. The van der Waals surface area contributed by atoms with Crippen molar-refractivity contribution in [2.24, 2.45) is 17.8 Å². The number of pyridine rings is 1. The summed E-state index contributed by atoms with van der Waals surface area (Å²) in [5.74, 6) is -0.301. The van der Waals surface area contributed by atoms with Crippen LogP contribution in [-0.4, -0.2) is 55.2 Å². The van der Waals surface area contributed by atoms with Gasteiger partial charge in [0.25, 0.3) is 0 Å². The van der Waals surface area contributed by atoms with Gasteiger partial charge in [0, 0.05) is 38.6 Å². The van der Waals surface area contributed by atoms with E-state index in [0.717, 1.165) is 49.4 Å². The number of rotatable bonds is 6. The van der Waals surface area contributed by atoms with Gasteiger partial charge in [-0.2, -0.15) is 13.2 Å². The minimum absolute atomic E-state index is 0.0238. The zero-order valence-corrected chi connectivity index (χ0v) is 19.6. The number of aryl methyl sites for hydroxylation is 1. The number of anilines is 2. The van der Waals surface area contributed by atoms with Crippen LogP contribution >= 0.6 is 0 Å². The fraction of sp³-hybridized carbons (Fsp3) is 0.708. The van der Waals surface area contributed by atoms with Gasteiger partial charge in [-0.3, -0.25) is 9.59 Å². The van der Waals surface area contributed by atoms with E-state index in [1.54, 1.807) is 0 Å². The smallest absolute Gasteiger partial charge is 0.383 e. The van der Waals surface area contributed by atoms with Crippen LogP contribution in [0, 0.1) is 24.7 Å². The van der Waals surface area contributed by atoms with Crippen molar-refractivity contribution in [3.05, 3.63) is 17.8 Å². The van der Waals surface area contributed by atoms with Gasteiger partial charge in [0.15, 0.2) is 0 Å². The van der Waals surface area contributed by atoms with Gasteiger partial charge in [-0.1, -0.05) is 0 Å². The Morgan fingerprint density at radius 2 is 1.85 bits per heavy atom. The molecule has 2 amide bonds. The first-order valence-corrected chi connectivity index (χ1v) is 12.3. The quantitative estimate of drug-likeness (QED) is 0.580. The molecule has 7 nitrogen and oxygen atoms in total. The van der Waals surface area contributed by atoms with Crippen molar-refractivity contribution in [1.29, 1.82) is 0 Å². The van der Waals surface area contributed by atoms with Crippen molar-refractivity contribution in [3.8, 4) is 0 Å². The van der Waals surface area contributed by atoms with Crippen molar-refractivity contribution in [2.75, 3.05) is 36.4 Å². The summed E-state index contributed by atoms with van der Waals surface area (Å²) in [6.07, 6.45) is 0.278. The Morgan fingerprint density at radius 1 is 1.15 bits per heavy atom. The van der Waals surface area contributed by atoms with Gasteiger partial charge in [-0.05, 0) is 63.5 Å². The van der Waals surface area contributed by atoms with Gasteiger partial charge in [-0.25, -0.2) is 4.98 Å². The van der Waals surface area contributed by atoms with E-state index in [2.05, 4.69) is 20.9 Å². The summed E-state index contributed by atoms with van der Waals surface area (Å²) in [4.78, 5) is 30.2. The fourth-order valence-corrected chi connectivity index (χ4v) is 5.22. The number of nitrogens with zero attached hydrogens (tertiary/aromatic N) is 2. The average Bonchev–Trinajstić information content (AvgIpc) is 3.25. The van der Waals surface area contributed by atoms with E-state index in [1.807, 2.05) is 24.0 Å². The molecule has 1 aliphatic carbocycles. The van der Waals surface area contributed by atoms with Gasteiger partial charge in [0.2, 0.25) is 11.8 Å². The molecule has 0 spiro atoms. The molecule has 3 aliphatic rings. The lowest BCUT2D eigenvalue weighted by Gasteiger charge is -2.34. The molecule has 188 valence electrons. The highest BCUT2D eigenvalue weighted by molar-refractivity contribution is 5.89. The second kappa shape index (κ2) is 10.4. The molecule has 0 bridgehead atoms. The minimum atomic E-state index is -4.11. The van der Waals surface area contributed by atoms with Crippen molar-refractivity contribution >= 4 is 23.3 Å². The van der Waals surface area contributed by atoms with E-state index in [1.165, 1.54) is 0 Å². The molecule has 1 atom stereocenters. The van der Waals surface area contributed by atoms with Crippen molar-refractivity contribution in [2.45, 2.75) is 64.1 Å². The number of nitrogens with one attached hydrogen (secondary N) is 3. The maximum absolute atomic E-state index is 12.9.